The Hall–Kier alpha value is -2.96. The van der Waals surface area contributed by atoms with Gasteiger partial charge in [0.2, 0.25) is 5.95 Å². The summed E-state index contributed by atoms with van der Waals surface area (Å²) < 4.78 is 0. The summed E-state index contributed by atoms with van der Waals surface area (Å²) in [4.78, 5) is 37.9. The van der Waals surface area contributed by atoms with Gasteiger partial charge in [0, 0.05) is 26.3 Å². The van der Waals surface area contributed by atoms with Gasteiger partial charge in [-0.3, -0.25) is 9.59 Å². The maximum atomic E-state index is 13.5. The number of nitrogens with zero attached hydrogens (tertiary/aromatic N) is 4. The lowest BCUT2D eigenvalue weighted by molar-refractivity contribution is -0.137. The molecule has 1 aliphatic carbocycles. The summed E-state index contributed by atoms with van der Waals surface area (Å²) in [6, 6.07) is 10.3. The largest absolute Gasteiger partial charge is 0.480 e. The standard InChI is InChI=1S/C29H42N4O3/c1-22(2)16-19-33(21-27(34)35)28(36)25-20-30-29(32(3)18-17-24-12-8-5-9-13-24)31-26(25)15-14-23-10-6-4-7-11-23/h5,8-9,12-13,20,22-23H,4,6-7,10-11,14-19,21H2,1-3H3,(H,34,35). The molecule has 1 fully saturated rings. The van der Waals surface area contributed by atoms with E-state index in [9.17, 15) is 14.7 Å². The molecule has 7 nitrogen and oxygen atoms in total. The van der Waals surface area contributed by atoms with E-state index in [2.05, 4.69) is 31.0 Å². The predicted octanol–water partition coefficient (Wildman–Crippen LogP) is 5.24. The fraction of sp³-hybridized carbons (Fsp3) is 0.586. The molecule has 0 aliphatic heterocycles. The maximum Gasteiger partial charge on any atom is 0.323 e. The van der Waals surface area contributed by atoms with E-state index in [-0.39, 0.29) is 12.5 Å². The number of carboxylic acids is 1. The molecule has 1 N–H and O–H groups in total. The average Bonchev–Trinajstić information content (AvgIpc) is 2.88. The SMILES string of the molecule is CC(C)CCN(CC(=O)O)C(=O)c1cnc(N(C)CCc2ccccc2)nc1CCC1CCCCC1. The van der Waals surface area contributed by atoms with Gasteiger partial charge < -0.3 is 14.9 Å². The second-order valence-corrected chi connectivity index (χ2v) is 10.5. The summed E-state index contributed by atoms with van der Waals surface area (Å²) in [6.45, 7) is 5.00. The predicted molar refractivity (Wildman–Crippen MR) is 143 cm³/mol. The number of carbonyl (C=O) groups is 2. The molecule has 7 heteroatoms. The van der Waals surface area contributed by atoms with Gasteiger partial charge >= 0.3 is 5.97 Å². The summed E-state index contributed by atoms with van der Waals surface area (Å²) in [5.41, 5.74) is 2.43. The fourth-order valence-corrected chi connectivity index (χ4v) is 4.82. The van der Waals surface area contributed by atoms with Crippen LogP contribution in [0, 0.1) is 11.8 Å². The molecule has 0 saturated heterocycles. The third-order valence-corrected chi connectivity index (χ3v) is 7.11. The maximum absolute atomic E-state index is 13.5. The number of hydrogen-bond donors (Lipinski definition) is 1. The second-order valence-electron chi connectivity index (χ2n) is 10.5. The zero-order chi connectivity index (χ0) is 25.9. The summed E-state index contributed by atoms with van der Waals surface area (Å²) in [5, 5.41) is 9.43. The summed E-state index contributed by atoms with van der Waals surface area (Å²) in [5.74, 6) is 0.348. The van der Waals surface area contributed by atoms with Gasteiger partial charge in [-0.05, 0) is 43.1 Å². The van der Waals surface area contributed by atoms with Crippen LogP contribution in [-0.2, 0) is 17.6 Å². The summed E-state index contributed by atoms with van der Waals surface area (Å²) in [7, 11) is 1.98. The lowest BCUT2D eigenvalue weighted by atomic mass is 9.85. The minimum absolute atomic E-state index is 0.282. The minimum atomic E-state index is -1.01. The molecule has 0 unspecified atom stereocenters. The number of likely N-dealkylation sites (N-methyl/N-ethyl adjacent to an activating group) is 1. The fourth-order valence-electron chi connectivity index (χ4n) is 4.82. The van der Waals surface area contributed by atoms with Gasteiger partial charge in [0.15, 0.2) is 0 Å². The number of anilines is 1. The average molecular weight is 495 g/mol. The van der Waals surface area contributed by atoms with E-state index in [0.717, 1.165) is 31.5 Å². The Balaban J connectivity index is 1.81. The zero-order valence-electron chi connectivity index (χ0n) is 22.2. The van der Waals surface area contributed by atoms with Crippen LogP contribution in [0.25, 0.3) is 0 Å². The molecule has 1 aromatic heterocycles. The van der Waals surface area contributed by atoms with Gasteiger partial charge in [0.05, 0.1) is 11.3 Å². The Kier molecular flexibility index (Phi) is 10.7. The molecule has 0 atom stereocenters. The number of aliphatic carboxylic acids is 1. The Bertz CT molecular complexity index is 974. The van der Waals surface area contributed by atoms with E-state index in [0.29, 0.717) is 36.3 Å². The van der Waals surface area contributed by atoms with Gasteiger partial charge in [0.1, 0.15) is 6.54 Å². The van der Waals surface area contributed by atoms with Gasteiger partial charge in [-0.25, -0.2) is 9.97 Å². The molecule has 1 aromatic carbocycles. The second kappa shape index (κ2) is 14.0. The third-order valence-electron chi connectivity index (χ3n) is 7.11. The van der Waals surface area contributed by atoms with Gasteiger partial charge in [-0.15, -0.1) is 0 Å². The van der Waals surface area contributed by atoms with E-state index >= 15 is 0 Å². The molecule has 1 aliphatic rings. The van der Waals surface area contributed by atoms with Crippen molar-refractivity contribution in [2.45, 2.75) is 71.6 Å². The van der Waals surface area contributed by atoms with Crippen LogP contribution in [-0.4, -0.2) is 58.5 Å². The quantitative estimate of drug-likeness (QED) is 0.410. The van der Waals surface area contributed by atoms with Crippen LogP contribution in [0.1, 0.15) is 80.4 Å². The number of hydrogen-bond acceptors (Lipinski definition) is 5. The smallest absolute Gasteiger partial charge is 0.323 e. The Morgan fingerprint density at radius 2 is 1.78 bits per heavy atom. The number of aryl methyl sites for hydroxylation is 1. The van der Waals surface area contributed by atoms with Crippen molar-refractivity contribution in [1.29, 1.82) is 0 Å². The van der Waals surface area contributed by atoms with Crippen LogP contribution in [0.5, 0.6) is 0 Å². The first-order valence-corrected chi connectivity index (χ1v) is 13.5. The van der Waals surface area contributed by atoms with Crippen molar-refractivity contribution < 1.29 is 14.7 Å². The monoisotopic (exact) mass is 494 g/mol. The molecule has 0 spiro atoms. The molecule has 1 heterocycles. The highest BCUT2D eigenvalue weighted by molar-refractivity contribution is 5.96. The number of benzene rings is 1. The van der Waals surface area contributed by atoms with E-state index in [1.807, 2.05) is 30.1 Å². The number of aromatic nitrogens is 2. The molecular formula is C29H42N4O3. The number of rotatable bonds is 13. The molecule has 0 radical (unpaired) electrons. The highest BCUT2D eigenvalue weighted by atomic mass is 16.4. The van der Waals surface area contributed by atoms with Crippen LogP contribution >= 0.6 is 0 Å². The lowest BCUT2D eigenvalue weighted by Gasteiger charge is -2.25. The normalized spacial score (nSPS) is 14.1. The number of carboxylic acid groups (broad SMARTS) is 1. The molecule has 2 aromatic rings. The summed E-state index contributed by atoms with van der Waals surface area (Å²) >= 11 is 0. The van der Waals surface area contributed by atoms with Crippen LogP contribution in [0.15, 0.2) is 36.5 Å². The Labute approximate surface area is 215 Å². The van der Waals surface area contributed by atoms with Crippen molar-refractivity contribution in [3.63, 3.8) is 0 Å². The van der Waals surface area contributed by atoms with Crippen LogP contribution in [0.4, 0.5) is 5.95 Å². The van der Waals surface area contributed by atoms with Gasteiger partial charge in [0.25, 0.3) is 5.91 Å². The van der Waals surface area contributed by atoms with Crippen LogP contribution in [0.3, 0.4) is 0 Å². The molecule has 1 amide bonds. The third kappa shape index (κ3) is 8.61. The molecular weight excluding hydrogens is 452 g/mol. The molecule has 1 saturated carbocycles. The topological polar surface area (TPSA) is 86.6 Å². The van der Waals surface area contributed by atoms with Crippen molar-refractivity contribution in [3.05, 3.63) is 53.3 Å². The van der Waals surface area contributed by atoms with E-state index < -0.39 is 5.97 Å². The van der Waals surface area contributed by atoms with Crippen LogP contribution < -0.4 is 4.90 Å². The molecule has 36 heavy (non-hydrogen) atoms. The number of carbonyl (C=O) groups excluding carboxylic acids is 1. The zero-order valence-corrected chi connectivity index (χ0v) is 22.2. The van der Waals surface area contributed by atoms with Gasteiger partial charge in [-0.1, -0.05) is 76.3 Å². The van der Waals surface area contributed by atoms with Gasteiger partial charge in [-0.2, -0.15) is 0 Å². The van der Waals surface area contributed by atoms with Crippen molar-refractivity contribution in [1.82, 2.24) is 14.9 Å². The Morgan fingerprint density at radius 1 is 1.06 bits per heavy atom. The van der Waals surface area contributed by atoms with Crippen LogP contribution in [0.2, 0.25) is 0 Å². The molecule has 0 bridgehead atoms. The first-order chi connectivity index (χ1) is 17.3. The first kappa shape index (κ1) is 27.6. The highest BCUT2D eigenvalue weighted by Gasteiger charge is 2.24. The van der Waals surface area contributed by atoms with Crippen molar-refractivity contribution in [3.8, 4) is 0 Å². The number of amides is 1. The van der Waals surface area contributed by atoms with Crippen molar-refractivity contribution >= 4 is 17.8 Å². The molecule has 196 valence electrons. The van der Waals surface area contributed by atoms with E-state index in [1.54, 1.807) is 6.20 Å². The van der Waals surface area contributed by atoms with E-state index in [4.69, 9.17) is 4.98 Å². The van der Waals surface area contributed by atoms with Crippen molar-refractivity contribution in [2.24, 2.45) is 11.8 Å². The lowest BCUT2D eigenvalue weighted by Crippen LogP contribution is -2.38. The van der Waals surface area contributed by atoms with E-state index in [1.165, 1.54) is 42.6 Å². The molecule has 3 rings (SSSR count). The minimum Gasteiger partial charge on any atom is -0.480 e. The Morgan fingerprint density at radius 3 is 2.44 bits per heavy atom. The summed E-state index contributed by atoms with van der Waals surface area (Å²) in [6.07, 6.45) is 11.3. The highest BCUT2D eigenvalue weighted by Crippen LogP contribution is 2.28. The first-order valence-electron chi connectivity index (χ1n) is 13.5. The van der Waals surface area contributed by atoms with Crippen molar-refractivity contribution in [2.75, 3.05) is 31.6 Å².